The molecule has 0 aliphatic heterocycles. The highest BCUT2D eigenvalue weighted by molar-refractivity contribution is 7.15. The molecule has 0 unspecified atom stereocenters. The van der Waals surface area contributed by atoms with Crippen LogP contribution in [0.1, 0.15) is 50.0 Å². The molecule has 2 heterocycles. The van der Waals surface area contributed by atoms with Crippen LogP contribution in [-0.4, -0.2) is 9.97 Å². The zero-order chi connectivity index (χ0) is 14.3. The summed E-state index contributed by atoms with van der Waals surface area (Å²) in [6.07, 6.45) is 0. The van der Waals surface area contributed by atoms with Crippen molar-refractivity contribution >= 4 is 22.4 Å². The van der Waals surface area contributed by atoms with Crippen LogP contribution < -0.4 is 0 Å². The minimum atomic E-state index is 0.542. The van der Waals surface area contributed by atoms with Gasteiger partial charge in [0.1, 0.15) is 5.82 Å². The Morgan fingerprint density at radius 3 is 2.45 bits per heavy atom. The van der Waals surface area contributed by atoms with Crippen molar-refractivity contribution in [2.24, 2.45) is 0 Å². The molecular weight excluding hydrogens is 264 g/mol. The van der Waals surface area contributed by atoms with E-state index in [-0.39, 0.29) is 0 Å². The van der Waals surface area contributed by atoms with Crippen molar-refractivity contribution in [1.29, 1.82) is 0 Å². The summed E-state index contributed by atoms with van der Waals surface area (Å²) in [5, 5.41) is 0. The van der Waals surface area contributed by atoms with Gasteiger partial charge >= 0.3 is 0 Å². The van der Waals surface area contributed by atoms with E-state index < -0.39 is 0 Å². The first-order chi connectivity index (χ1) is 9.54. The van der Waals surface area contributed by atoms with Crippen LogP contribution in [0.5, 0.6) is 0 Å². The first-order valence-corrected chi connectivity index (χ1v) is 7.96. The number of imidazole rings is 1. The molecule has 0 atom stereocenters. The maximum absolute atomic E-state index is 4.71. The van der Waals surface area contributed by atoms with Gasteiger partial charge in [-0.25, -0.2) is 4.98 Å². The second-order valence-corrected chi connectivity index (χ2v) is 6.99. The van der Waals surface area contributed by atoms with Gasteiger partial charge in [-0.15, -0.1) is 11.3 Å². The molecule has 0 aliphatic rings. The molecule has 20 heavy (non-hydrogen) atoms. The Hall–Kier alpha value is -1.61. The van der Waals surface area contributed by atoms with Crippen LogP contribution in [0.4, 0.5) is 0 Å². The number of hydrogen-bond donors (Lipinski definition) is 1. The number of nitrogens with zero attached hydrogens (tertiary/aromatic N) is 1. The van der Waals surface area contributed by atoms with E-state index in [0.717, 1.165) is 16.9 Å². The van der Waals surface area contributed by atoms with Crippen LogP contribution in [0.15, 0.2) is 30.3 Å². The third-order valence-corrected chi connectivity index (χ3v) is 4.99. The molecule has 1 N–H and O–H groups in total. The summed E-state index contributed by atoms with van der Waals surface area (Å²) in [5.41, 5.74) is 3.52. The molecule has 0 fully saturated rings. The monoisotopic (exact) mass is 284 g/mol. The number of aromatic amines is 1. The normalized spacial score (nSPS) is 11.9. The van der Waals surface area contributed by atoms with E-state index in [1.165, 1.54) is 15.3 Å². The molecule has 1 aromatic carbocycles. The van der Waals surface area contributed by atoms with Gasteiger partial charge in [0, 0.05) is 4.88 Å². The van der Waals surface area contributed by atoms with Crippen LogP contribution in [0.3, 0.4) is 0 Å². The zero-order valence-corrected chi connectivity index (χ0v) is 13.2. The molecule has 2 aromatic heterocycles. The number of H-pyrrole nitrogens is 1. The second-order valence-electron chi connectivity index (χ2n) is 5.87. The number of fused-ring (bicyclic) bond motifs is 1. The fraction of sp³-hybridized carbons (Fsp3) is 0.353. The Kier molecular flexibility index (Phi) is 3.38. The van der Waals surface area contributed by atoms with Crippen LogP contribution >= 0.6 is 11.3 Å². The van der Waals surface area contributed by atoms with E-state index in [1.54, 1.807) is 0 Å². The minimum Gasteiger partial charge on any atom is -0.337 e. The standard InChI is InChI=1S/C17H20N2S/c1-10(2)12-5-6-13-14(9-12)19-17(18-13)16-8-7-15(20-16)11(3)4/h5-11H,1-4H3,(H,18,19). The lowest BCUT2D eigenvalue weighted by Gasteiger charge is -2.03. The molecule has 0 bridgehead atoms. The Bertz CT molecular complexity index is 734. The SMILES string of the molecule is CC(C)c1ccc2nc(-c3ccc(C(C)C)s3)[nH]c2c1. The van der Waals surface area contributed by atoms with Gasteiger partial charge in [0.15, 0.2) is 0 Å². The van der Waals surface area contributed by atoms with Crippen molar-refractivity contribution < 1.29 is 0 Å². The summed E-state index contributed by atoms with van der Waals surface area (Å²) >= 11 is 1.83. The summed E-state index contributed by atoms with van der Waals surface area (Å²) < 4.78 is 0. The number of rotatable bonds is 3. The lowest BCUT2D eigenvalue weighted by atomic mass is 10.0. The van der Waals surface area contributed by atoms with E-state index in [2.05, 4.69) is 63.0 Å². The average molecular weight is 284 g/mol. The first-order valence-electron chi connectivity index (χ1n) is 7.14. The van der Waals surface area contributed by atoms with Crippen LogP contribution in [-0.2, 0) is 0 Å². The van der Waals surface area contributed by atoms with Crippen LogP contribution in [0.2, 0.25) is 0 Å². The highest BCUT2D eigenvalue weighted by Gasteiger charge is 2.10. The molecule has 0 aliphatic carbocycles. The highest BCUT2D eigenvalue weighted by atomic mass is 32.1. The van der Waals surface area contributed by atoms with Crippen molar-refractivity contribution in [1.82, 2.24) is 9.97 Å². The Labute approximate surface area is 123 Å². The predicted octanol–water partition coefficient (Wildman–Crippen LogP) is 5.54. The van der Waals surface area contributed by atoms with Gasteiger partial charge in [-0.1, -0.05) is 33.8 Å². The first kappa shape index (κ1) is 13.4. The number of nitrogens with one attached hydrogen (secondary N) is 1. The number of hydrogen-bond acceptors (Lipinski definition) is 2. The maximum Gasteiger partial charge on any atom is 0.148 e. The van der Waals surface area contributed by atoms with Crippen LogP contribution in [0, 0.1) is 0 Å². The van der Waals surface area contributed by atoms with E-state index in [4.69, 9.17) is 4.98 Å². The lowest BCUT2D eigenvalue weighted by Crippen LogP contribution is -1.85. The Balaban J connectivity index is 2.03. The van der Waals surface area contributed by atoms with Gasteiger partial charge in [0.2, 0.25) is 0 Å². The summed E-state index contributed by atoms with van der Waals surface area (Å²) in [5.74, 6) is 2.10. The fourth-order valence-electron chi connectivity index (χ4n) is 2.29. The molecule has 0 radical (unpaired) electrons. The van der Waals surface area contributed by atoms with Crippen molar-refractivity contribution in [2.45, 2.75) is 39.5 Å². The van der Waals surface area contributed by atoms with Crippen molar-refractivity contribution in [3.05, 3.63) is 40.8 Å². The molecule has 0 amide bonds. The minimum absolute atomic E-state index is 0.542. The van der Waals surface area contributed by atoms with Crippen LogP contribution in [0.25, 0.3) is 21.7 Å². The van der Waals surface area contributed by atoms with Crippen molar-refractivity contribution in [3.8, 4) is 10.7 Å². The molecule has 0 spiro atoms. The topological polar surface area (TPSA) is 28.7 Å². The summed E-state index contributed by atoms with van der Waals surface area (Å²) in [4.78, 5) is 10.8. The van der Waals surface area contributed by atoms with Gasteiger partial charge in [-0.3, -0.25) is 0 Å². The van der Waals surface area contributed by atoms with Gasteiger partial charge in [0.25, 0.3) is 0 Å². The summed E-state index contributed by atoms with van der Waals surface area (Å²) in [6, 6.07) is 10.9. The molecule has 3 aromatic rings. The van der Waals surface area contributed by atoms with E-state index in [0.29, 0.717) is 11.8 Å². The Morgan fingerprint density at radius 2 is 1.80 bits per heavy atom. The quantitative estimate of drug-likeness (QED) is 0.672. The van der Waals surface area contributed by atoms with E-state index in [9.17, 15) is 0 Å². The average Bonchev–Trinajstić information content (AvgIpc) is 3.04. The Morgan fingerprint density at radius 1 is 1.00 bits per heavy atom. The van der Waals surface area contributed by atoms with Crippen molar-refractivity contribution in [2.75, 3.05) is 0 Å². The highest BCUT2D eigenvalue weighted by Crippen LogP contribution is 2.32. The van der Waals surface area contributed by atoms with Gasteiger partial charge in [-0.05, 0) is 41.7 Å². The van der Waals surface area contributed by atoms with Crippen molar-refractivity contribution in [3.63, 3.8) is 0 Å². The lowest BCUT2D eigenvalue weighted by molar-refractivity contribution is 0.868. The molecule has 0 saturated heterocycles. The van der Waals surface area contributed by atoms with E-state index >= 15 is 0 Å². The second kappa shape index (κ2) is 5.06. The van der Waals surface area contributed by atoms with Gasteiger partial charge in [0.05, 0.1) is 15.9 Å². The van der Waals surface area contributed by atoms with Gasteiger partial charge in [-0.2, -0.15) is 0 Å². The third-order valence-electron chi connectivity index (χ3n) is 3.60. The van der Waals surface area contributed by atoms with E-state index in [1.807, 2.05) is 11.3 Å². The molecule has 104 valence electrons. The number of thiophene rings is 1. The fourth-order valence-corrected chi connectivity index (χ4v) is 3.25. The predicted molar refractivity (Wildman–Crippen MR) is 87.6 cm³/mol. The number of benzene rings is 1. The third kappa shape index (κ3) is 2.38. The zero-order valence-electron chi connectivity index (χ0n) is 12.4. The maximum atomic E-state index is 4.71. The molecular formula is C17H20N2S. The molecule has 0 saturated carbocycles. The molecule has 3 rings (SSSR count). The van der Waals surface area contributed by atoms with Gasteiger partial charge < -0.3 is 4.98 Å². The molecule has 2 nitrogen and oxygen atoms in total. The number of aromatic nitrogens is 2. The smallest absolute Gasteiger partial charge is 0.148 e. The summed E-state index contributed by atoms with van der Waals surface area (Å²) in [7, 11) is 0. The summed E-state index contributed by atoms with van der Waals surface area (Å²) in [6.45, 7) is 8.88. The largest absolute Gasteiger partial charge is 0.337 e. The molecule has 3 heteroatoms.